The topological polar surface area (TPSA) is 65.8 Å². The number of aryl methyl sites for hydroxylation is 3. The van der Waals surface area contributed by atoms with Gasteiger partial charge in [-0.1, -0.05) is 48.0 Å². The van der Waals surface area contributed by atoms with E-state index in [0.717, 1.165) is 46.1 Å². The molecule has 1 unspecified atom stereocenters. The summed E-state index contributed by atoms with van der Waals surface area (Å²) in [6, 6.07) is 13.7. The van der Waals surface area contributed by atoms with E-state index < -0.39 is 5.54 Å². The van der Waals surface area contributed by atoms with Gasteiger partial charge in [0.15, 0.2) is 0 Å². The zero-order valence-corrected chi connectivity index (χ0v) is 19.8. The number of hydrogen-bond acceptors (Lipinski definition) is 3. The van der Waals surface area contributed by atoms with Crippen molar-refractivity contribution in [3.63, 3.8) is 0 Å². The maximum Gasteiger partial charge on any atom is 0.258 e. The minimum absolute atomic E-state index is 0.00313. The average Bonchev–Trinajstić information content (AvgIpc) is 3.26. The number of rotatable bonds is 5. The van der Waals surface area contributed by atoms with Gasteiger partial charge in [-0.25, -0.2) is 4.98 Å². The molecule has 7 heteroatoms. The summed E-state index contributed by atoms with van der Waals surface area (Å²) >= 11 is 12.1. The molecule has 0 saturated carbocycles. The zero-order chi connectivity index (χ0) is 23.2. The molecule has 0 amide bonds. The second-order valence-electron chi connectivity index (χ2n) is 8.46. The van der Waals surface area contributed by atoms with Gasteiger partial charge in [0.2, 0.25) is 0 Å². The van der Waals surface area contributed by atoms with E-state index in [-0.39, 0.29) is 5.56 Å². The van der Waals surface area contributed by atoms with Crippen LogP contribution >= 0.6 is 23.2 Å². The Morgan fingerprint density at radius 2 is 2.00 bits per heavy atom. The van der Waals surface area contributed by atoms with E-state index in [4.69, 9.17) is 28.9 Å². The molecule has 5 nitrogen and oxygen atoms in total. The Hall–Kier alpha value is -2.86. The number of pyridine rings is 1. The molecule has 1 aliphatic heterocycles. The normalized spacial score (nSPS) is 15.3. The molecule has 0 spiro atoms. The number of benzene rings is 2. The van der Waals surface area contributed by atoms with Crippen molar-refractivity contribution in [3.8, 4) is 0 Å². The van der Waals surface area contributed by atoms with Crippen molar-refractivity contribution in [1.29, 1.82) is 0 Å². The first-order valence-electron chi connectivity index (χ1n) is 10.9. The van der Waals surface area contributed by atoms with Crippen LogP contribution in [-0.2, 0) is 25.6 Å². The fourth-order valence-electron chi connectivity index (χ4n) is 4.96. The van der Waals surface area contributed by atoms with Crippen molar-refractivity contribution in [2.75, 3.05) is 5.88 Å². The largest absolute Gasteiger partial charge is 0.336 e. The highest BCUT2D eigenvalue weighted by molar-refractivity contribution is 6.30. The molecule has 0 saturated heterocycles. The molecule has 33 heavy (non-hydrogen) atoms. The molecular weight excluding hydrogens is 455 g/mol. The molecule has 0 aliphatic carbocycles. The highest BCUT2D eigenvalue weighted by atomic mass is 35.5. The summed E-state index contributed by atoms with van der Waals surface area (Å²) in [6.45, 7) is 0.679. The third-order valence-electron chi connectivity index (χ3n) is 6.52. The minimum Gasteiger partial charge on any atom is -0.336 e. The lowest BCUT2D eigenvalue weighted by molar-refractivity contribution is 0.593. The molecule has 168 valence electrons. The van der Waals surface area contributed by atoms with Crippen LogP contribution in [0.1, 0.15) is 34.4 Å². The van der Waals surface area contributed by atoms with E-state index in [1.807, 2.05) is 46.5 Å². The average molecular weight is 479 g/mol. The van der Waals surface area contributed by atoms with Gasteiger partial charge in [0, 0.05) is 35.4 Å². The maximum absolute atomic E-state index is 13.3. The Bertz CT molecular complexity index is 1440. The van der Waals surface area contributed by atoms with Crippen molar-refractivity contribution in [1.82, 2.24) is 14.1 Å². The lowest BCUT2D eigenvalue weighted by atomic mass is 9.78. The summed E-state index contributed by atoms with van der Waals surface area (Å²) in [7, 11) is 1.93. The third-order valence-corrected chi connectivity index (χ3v) is 6.95. The molecule has 5 rings (SSSR count). The Morgan fingerprint density at radius 1 is 1.21 bits per heavy atom. The second kappa shape index (κ2) is 8.49. The van der Waals surface area contributed by atoms with Crippen LogP contribution in [0.5, 0.6) is 0 Å². The van der Waals surface area contributed by atoms with Crippen LogP contribution in [0.3, 0.4) is 0 Å². The summed E-state index contributed by atoms with van der Waals surface area (Å²) < 4.78 is 3.82. The molecule has 2 N–H and O–H groups in total. The van der Waals surface area contributed by atoms with Crippen LogP contribution in [0.4, 0.5) is 0 Å². The SMILES string of the molecule is Cn1cncc1C(N)(c1ccc(Cl)cc1)c1ccc2c3c1cc(C=CCCl)c(=O)n3CCC2. The molecule has 2 aromatic heterocycles. The van der Waals surface area contributed by atoms with E-state index in [2.05, 4.69) is 17.1 Å². The lowest BCUT2D eigenvalue weighted by Gasteiger charge is -2.33. The molecule has 2 aromatic carbocycles. The van der Waals surface area contributed by atoms with Crippen molar-refractivity contribution in [2.45, 2.75) is 24.9 Å². The van der Waals surface area contributed by atoms with Crippen LogP contribution in [-0.4, -0.2) is 20.0 Å². The van der Waals surface area contributed by atoms with Gasteiger partial charge in [-0.15, -0.1) is 11.6 Å². The van der Waals surface area contributed by atoms with Crippen molar-refractivity contribution >= 4 is 40.2 Å². The number of halogens is 2. The van der Waals surface area contributed by atoms with Gasteiger partial charge in [0.05, 0.1) is 23.7 Å². The number of aromatic nitrogens is 3. The fourth-order valence-corrected chi connectivity index (χ4v) is 5.18. The Kier molecular flexibility index (Phi) is 5.65. The third kappa shape index (κ3) is 3.52. The van der Waals surface area contributed by atoms with Gasteiger partial charge in [0.1, 0.15) is 5.54 Å². The molecule has 0 radical (unpaired) electrons. The standard InChI is InChI=1S/C26H24Cl2N4O/c1-31-16-30-15-23(31)26(29,19-7-9-20(28)10-8-19)22-11-6-17-5-3-13-32-24(17)21(22)14-18(25(32)33)4-2-12-27/h2,4,6-11,14-16H,3,5,12-13,29H2,1H3. The van der Waals surface area contributed by atoms with Gasteiger partial charge in [-0.3, -0.25) is 4.79 Å². The van der Waals surface area contributed by atoms with Crippen molar-refractivity contribution < 1.29 is 0 Å². The quantitative estimate of drug-likeness (QED) is 0.417. The molecule has 0 bridgehead atoms. The predicted molar refractivity (Wildman–Crippen MR) is 135 cm³/mol. The molecule has 3 heterocycles. The predicted octanol–water partition coefficient (Wildman–Crippen LogP) is 4.84. The lowest BCUT2D eigenvalue weighted by Crippen LogP contribution is -2.41. The summed E-state index contributed by atoms with van der Waals surface area (Å²) in [4.78, 5) is 17.6. The number of alkyl halides is 1. The summed E-state index contributed by atoms with van der Waals surface area (Å²) in [6.07, 6.45) is 8.99. The van der Waals surface area contributed by atoms with Gasteiger partial charge in [0.25, 0.3) is 5.56 Å². The van der Waals surface area contributed by atoms with Crippen LogP contribution in [0.15, 0.2) is 65.9 Å². The molecule has 1 atom stereocenters. The Balaban J connectivity index is 1.90. The molecule has 4 aromatic rings. The molecule has 1 aliphatic rings. The first-order chi connectivity index (χ1) is 15.9. The monoisotopic (exact) mass is 478 g/mol. The number of nitrogens with zero attached hydrogens (tertiary/aromatic N) is 3. The smallest absolute Gasteiger partial charge is 0.258 e. The summed E-state index contributed by atoms with van der Waals surface area (Å²) in [5.74, 6) is 0.338. The number of allylic oxidation sites excluding steroid dienone is 1. The van der Waals surface area contributed by atoms with E-state index in [1.54, 1.807) is 24.7 Å². The van der Waals surface area contributed by atoms with Crippen LogP contribution < -0.4 is 11.3 Å². The van der Waals surface area contributed by atoms with Gasteiger partial charge in [-0.05, 0) is 47.7 Å². The molecular formula is C26H24Cl2N4O. The fraction of sp³-hybridized carbons (Fsp3) is 0.231. The first-order valence-corrected chi connectivity index (χ1v) is 11.8. The highest BCUT2D eigenvalue weighted by Crippen LogP contribution is 2.40. The zero-order valence-electron chi connectivity index (χ0n) is 18.3. The number of hydrogen-bond donors (Lipinski definition) is 1. The minimum atomic E-state index is -1.01. The van der Waals surface area contributed by atoms with Crippen LogP contribution in [0, 0.1) is 0 Å². The van der Waals surface area contributed by atoms with E-state index >= 15 is 0 Å². The van der Waals surface area contributed by atoms with Crippen LogP contribution in [0.25, 0.3) is 17.0 Å². The number of nitrogens with two attached hydrogens (primary N) is 1. The van der Waals surface area contributed by atoms with E-state index in [0.29, 0.717) is 23.0 Å². The van der Waals surface area contributed by atoms with E-state index in [9.17, 15) is 4.79 Å². The van der Waals surface area contributed by atoms with Gasteiger partial charge in [-0.2, -0.15) is 0 Å². The van der Waals surface area contributed by atoms with Crippen molar-refractivity contribution in [2.24, 2.45) is 12.8 Å². The second-order valence-corrected chi connectivity index (χ2v) is 9.20. The van der Waals surface area contributed by atoms with Crippen LogP contribution in [0.2, 0.25) is 5.02 Å². The van der Waals surface area contributed by atoms with Crippen molar-refractivity contribution in [3.05, 3.63) is 104 Å². The summed E-state index contributed by atoms with van der Waals surface area (Å²) in [5.41, 5.74) is 11.7. The van der Waals surface area contributed by atoms with Gasteiger partial charge >= 0.3 is 0 Å². The van der Waals surface area contributed by atoms with Gasteiger partial charge < -0.3 is 14.9 Å². The molecule has 0 fully saturated rings. The summed E-state index contributed by atoms with van der Waals surface area (Å²) in [5, 5.41) is 1.60. The Labute approximate surface area is 202 Å². The van der Waals surface area contributed by atoms with E-state index in [1.165, 1.54) is 0 Å². The Morgan fingerprint density at radius 3 is 2.70 bits per heavy atom. The maximum atomic E-state index is 13.3. The number of imidazole rings is 1. The first kappa shape index (κ1) is 22.0. The highest BCUT2D eigenvalue weighted by Gasteiger charge is 2.37.